The topological polar surface area (TPSA) is 79.2 Å². The average Bonchev–Trinajstić information content (AvgIpc) is 2.50. The first kappa shape index (κ1) is 14.7. The normalized spacial score (nSPS) is 9.90. The summed E-state index contributed by atoms with van der Waals surface area (Å²) in [6, 6.07) is 16.8. The molecule has 0 atom stereocenters. The molecule has 5 heteroatoms. The molecule has 0 heterocycles. The van der Waals surface area contributed by atoms with E-state index in [0.29, 0.717) is 6.54 Å². The third-order valence-electron chi connectivity index (χ3n) is 2.91. The van der Waals surface area contributed by atoms with Crippen molar-refractivity contribution in [3.05, 3.63) is 54.6 Å². The van der Waals surface area contributed by atoms with E-state index in [4.69, 9.17) is 5.73 Å². The van der Waals surface area contributed by atoms with Gasteiger partial charge in [-0.3, -0.25) is 0 Å². The van der Waals surface area contributed by atoms with Crippen molar-refractivity contribution in [2.24, 2.45) is 0 Å². The number of nitrogen functional groups attached to an aromatic ring is 1. The number of nitrogens with two attached hydrogens (primary N) is 1. The number of carbonyl (C=O) groups is 1. The quantitative estimate of drug-likeness (QED) is 0.486. The lowest BCUT2D eigenvalue weighted by molar-refractivity contribution is 0.252. The van der Waals surface area contributed by atoms with E-state index in [1.807, 2.05) is 54.6 Å². The maximum atomic E-state index is 11.6. The molecule has 21 heavy (non-hydrogen) atoms. The monoisotopic (exact) mass is 284 g/mol. The number of amides is 2. The number of hydrogen-bond donors (Lipinski definition) is 4. The van der Waals surface area contributed by atoms with Gasteiger partial charge in [-0.15, -0.1) is 0 Å². The highest BCUT2D eigenvalue weighted by Gasteiger charge is 1.99. The third kappa shape index (κ3) is 5.44. The van der Waals surface area contributed by atoms with Crippen LogP contribution in [0.1, 0.15) is 6.42 Å². The summed E-state index contributed by atoms with van der Waals surface area (Å²) in [5.41, 5.74) is 8.18. The van der Waals surface area contributed by atoms with Gasteiger partial charge in [0.2, 0.25) is 0 Å². The Morgan fingerprint density at radius 1 is 0.905 bits per heavy atom. The van der Waals surface area contributed by atoms with E-state index in [1.54, 1.807) is 0 Å². The molecule has 0 fully saturated rings. The van der Waals surface area contributed by atoms with Crippen molar-refractivity contribution in [2.75, 3.05) is 29.5 Å². The lowest BCUT2D eigenvalue weighted by atomic mass is 10.3. The van der Waals surface area contributed by atoms with E-state index >= 15 is 0 Å². The molecule has 0 radical (unpaired) electrons. The summed E-state index contributed by atoms with van der Waals surface area (Å²) in [5, 5.41) is 8.86. The molecule has 5 N–H and O–H groups in total. The summed E-state index contributed by atoms with van der Waals surface area (Å²) in [6.07, 6.45) is 0.840. The Kier molecular flexibility index (Phi) is 5.46. The van der Waals surface area contributed by atoms with E-state index in [9.17, 15) is 4.79 Å². The molecule has 2 amide bonds. The number of nitrogens with one attached hydrogen (secondary N) is 3. The highest BCUT2D eigenvalue weighted by molar-refractivity contribution is 5.89. The minimum atomic E-state index is -0.186. The summed E-state index contributed by atoms with van der Waals surface area (Å²) < 4.78 is 0. The van der Waals surface area contributed by atoms with Crippen LogP contribution in [0, 0.1) is 0 Å². The van der Waals surface area contributed by atoms with Crippen molar-refractivity contribution in [3.63, 3.8) is 0 Å². The van der Waals surface area contributed by atoms with Gasteiger partial charge in [0, 0.05) is 30.2 Å². The first-order valence-electron chi connectivity index (χ1n) is 6.93. The number of anilines is 3. The molecular weight excluding hydrogens is 264 g/mol. The Labute approximate surface area is 124 Å². The van der Waals surface area contributed by atoms with Gasteiger partial charge >= 0.3 is 6.03 Å². The molecule has 2 rings (SSSR count). The predicted octanol–water partition coefficient (Wildman–Crippen LogP) is 2.89. The van der Waals surface area contributed by atoms with Crippen LogP contribution in [-0.2, 0) is 0 Å². The van der Waals surface area contributed by atoms with Crippen molar-refractivity contribution in [1.29, 1.82) is 0 Å². The second kappa shape index (κ2) is 7.79. The minimum absolute atomic E-state index is 0.186. The number of hydrogen-bond acceptors (Lipinski definition) is 3. The maximum Gasteiger partial charge on any atom is 0.319 e. The number of benzene rings is 2. The SMILES string of the molecule is Nc1ccc(NCCCNC(=O)Nc2ccccc2)cc1. The van der Waals surface area contributed by atoms with Crippen LogP contribution in [0.4, 0.5) is 21.9 Å². The van der Waals surface area contributed by atoms with Gasteiger partial charge < -0.3 is 21.7 Å². The van der Waals surface area contributed by atoms with Crippen molar-refractivity contribution < 1.29 is 4.79 Å². The van der Waals surface area contributed by atoms with Crippen LogP contribution in [0.3, 0.4) is 0 Å². The molecular formula is C16H20N4O. The molecule has 0 unspecified atom stereocenters. The fourth-order valence-electron chi connectivity index (χ4n) is 1.82. The molecule has 2 aromatic rings. The van der Waals surface area contributed by atoms with Gasteiger partial charge in [0.05, 0.1) is 0 Å². The number of para-hydroxylation sites is 1. The summed E-state index contributed by atoms with van der Waals surface area (Å²) in [6.45, 7) is 1.40. The highest BCUT2D eigenvalue weighted by atomic mass is 16.2. The minimum Gasteiger partial charge on any atom is -0.399 e. The van der Waals surface area contributed by atoms with Crippen molar-refractivity contribution in [3.8, 4) is 0 Å². The molecule has 0 aromatic heterocycles. The second-order valence-electron chi connectivity index (χ2n) is 4.65. The number of urea groups is 1. The van der Waals surface area contributed by atoms with Gasteiger partial charge in [0.1, 0.15) is 0 Å². The largest absolute Gasteiger partial charge is 0.399 e. The summed E-state index contributed by atoms with van der Waals surface area (Å²) in [5.74, 6) is 0. The van der Waals surface area contributed by atoms with Gasteiger partial charge in [-0.05, 0) is 42.8 Å². The highest BCUT2D eigenvalue weighted by Crippen LogP contribution is 2.10. The zero-order valence-electron chi connectivity index (χ0n) is 11.8. The van der Waals surface area contributed by atoms with Gasteiger partial charge in [-0.25, -0.2) is 4.79 Å². The molecule has 0 bridgehead atoms. The van der Waals surface area contributed by atoms with Gasteiger partial charge in [-0.2, -0.15) is 0 Å². The Hall–Kier alpha value is -2.69. The van der Waals surface area contributed by atoms with Gasteiger partial charge in [0.25, 0.3) is 0 Å². The van der Waals surface area contributed by atoms with E-state index in [2.05, 4.69) is 16.0 Å². The van der Waals surface area contributed by atoms with Gasteiger partial charge in [-0.1, -0.05) is 18.2 Å². The smallest absolute Gasteiger partial charge is 0.319 e. The van der Waals surface area contributed by atoms with E-state index < -0.39 is 0 Å². The molecule has 2 aromatic carbocycles. The van der Waals surface area contributed by atoms with Crippen molar-refractivity contribution in [2.45, 2.75) is 6.42 Å². The van der Waals surface area contributed by atoms with Crippen LogP contribution < -0.4 is 21.7 Å². The van der Waals surface area contributed by atoms with E-state index in [-0.39, 0.29) is 6.03 Å². The lowest BCUT2D eigenvalue weighted by Crippen LogP contribution is -2.30. The standard InChI is InChI=1S/C16H20N4O/c17-13-7-9-14(10-8-13)18-11-4-12-19-16(21)20-15-5-2-1-3-6-15/h1-3,5-10,18H,4,11-12,17H2,(H2,19,20,21). The van der Waals surface area contributed by atoms with Crippen LogP contribution >= 0.6 is 0 Å². The maximum absolute atomic E-state index is 11.6. The Morgan fingerprint density at radius 3 is 2.33 bits per heavy atom. The van der Waals surface area contributed by atoms with Crippen LogP contribution in [0.25, 0.3) is 0 Å². The average molecular weight is 284 g/mol. The van der Waals surface area contributed by atoms with Crippen molar-refractivity contribution >= 4 is 23.1 Å². The number of carbonyl (C=O) groups excluding carboxylic acids is 1. The fourth-order valence-corrected chi connectivity index (χ4v) is 1.82. The van der Waals surface area contributed by atoms with Gasteiger partial charge in [0.15, 0.2) is 0 Å². The van der Waals surface area contributed by atoms with E-state index in [0.717, 1.165) is 30.0 Å². The van der Waals surface area contributed by atoms with E-state index in [1.165, 1.54) is 0 Å². The Bertz CT molecular complexity index is 554. The molecule has 0 saturated carbocycles. The Morgan fingerprint density at radius 2 is 1.62 bits per heavy atom. The number of rotatable bonds is 6. The van der Waals surface area contributed by atoms with Crippen LogP contribution in [0.5, 0.6) is 0 Å². The van der Waals surface area contributed by atoms with Crippen LogP contribution in [0.2, 0.25) is 0 Å². The molecule has 0 spiro atoms. The molecule has 0 aliphatic heterocycles. The summed E-state index contributed by atoms with van der Waals surface area (Å²) in [7, 11) is 0. The molecule has 110 valence electrons. The first-order valence-corrected chi connectivity index (χ1v) is 6.93. The van der Waals surface area contributed by atoms with Crippen molar-refractivity contribution in [1.82, 2.24) is 5.32 Å². The molecule has 5 nitrogen and oxygen atoms in total. The second-order valence-corrected chi connectivity index (χ2v) is 4.65. The Balaban J connectivity index is 1.59. The molecule has 0 aliphatic rings. The molecule has 0 saturated heterocycles. The zero-order chi connectivity index (χ0) is 14.9. The lowest BCUT2D eigenvalue weighted by Gasteiger charge is -2.09. The first-order chi connectivity index (χ1) is 10.2. The zero-order valence-corrected chi connectivity index (χ0v) is 11.8. The molecule has 0 aliphatic carbocycles. The van der Waals surface area contributed by atoms with Crippen LogP contribution in [0.15, 0.2) is 54.6 Å². The third-order valence-corrected chi connectivity index (χ3v) is 2.91. The fraction of sp³-hybridized carbons (Fsp3) is 0.188. The summed E-state index contributed by atoms with van der Waals surface area (Å²) >= 11 is 0. The summed E-state index contributed by atoms with van der Waals surface area (Å²) in [4.78, 5) is 11.6. The van der Waals surface area contributed by atoms with Crippen LogP contribution in [-0.4, -0.2) is 19.1 Å². The predicted molar refractivity (Wildman–Crippen MR) is 87.4 cm³/mol.